The zero-order valence-corrected chi connectivity index (χ0v) is 20.3. The second-order valence-electron chi connectivity index (χ2n) is 6.85. The number of halogens is 1. The van der Waals surface area contributed by atoms with Gasteiger partial charge < -0.3 is 20.1 Å². The van der Waals surface area contributed by atoms with E-state index >= 15 is 0 Å². The summed E-state index contributed by atoms with van der Waals surface area (Å²) in [5.74, 6) is 2.03. The first-order valence-corrected chi connectivity index (χ1v) is 10.4. The topological polar surface area (TPSA) is 57.5 Å². The Labute approximate surface area is 183 Å². The third-order valence-electron chi connectivity index (χ3n) is 4.73. The Balaban J connectivity index is 0.00000676. The first-order chi connectivity index (χ1) is 12.6. The molecule has 0 aliphatic rings. The van der Waals surface area contributed by atoms with E-state index in [1.165, 1.54) is 19.4 Å². The zero-order valence-electron chi connectivity index (χ0n) is 18.0. The number of nitrogens with one attached hydrogen (secondary N) is 2. The summed E-state index contributed by atoms with van der Waals surface area (Å²) >= 11 is 0. The van der Waals surface area contributed by atoms with Crippen molar-refractivity contribution in [1.82, 2.24) is 25.1 Å². The maximum atomic E-state index is 4.73. The van der Waals surface area contributed by atoms with E-state index in [1.54, 1.807) is 0 Å². The standard InChI is InChI=1S/C20H40N6.HI/c1-6-21-20(24-18(4)12-11-15-25(7-2)8-3)23-13-9-10-16-26-17-14-22-19(26)5;/h14,17-18H,6-13,15-16H2,1-5H3,(H2,21,23,24);1H. The van der Waals surface area contributed by atoms with E-state index in [-0.39, 0.29) is 24.0 Å². The minimum Gasteiger partial charge on any atom is -0.357 e. The Morgan fingerprint density at radius 2 is 1.96 bits per heavy atom. The Morgan fingerprint density at radius 3 is 2.56 bits per heavy atom. The lowest BCUT2D eigenvalue weighted by molar-refractivity contribution is 0.292. The number of imidazole rings is 1. The molecule has 6 nitrogen and oxygen atoms in total. The summed E-state index contributed by atoms with van der Waals surface area (Å²) < 4.78 is 2.20. The van der Waals surface area contributed by atoms with Crippen molar-refractivity contribution in [3.8, 4) is 0 Å². The van der Waals surface area contributed by atoms with E-state index < -0.39 is 0 Å². The molecule has 27 heavy (non-hydrogen) atoms. The molecule has 0 aromatic carbocycles. The van der Waals surface area contributed by atoms with Gasteiger partial charge in [-0.3, -0.25) is 4.99 Å². The molecular weight excluding hydrogens is 451 g/mol. The van der Waals surface area contributed by atoms with Crippen LogP contribution in [-0.2, 0) is 6.54 Å². The molecule has 0 saturated heterocycles. The number of aliphatic imine (C=N–C) groups is 1. The molecule has 1 heterocycles. The molecule has 1 unspecified atom stereocenters. The van der Waals surface area contributed by atoms with Gasteiger partial charge in [-0.15, -0.1) is 24.0 Å². The second-order valence-corrected chi connectivity index (χ2v) is 6.85. The van der Waals surface area contributed by atoms with Crippen molar-refractivity contribution in [2.45, 2.75) is 72.9 Å². The molecule has 1 aromatic heterocycles. The molecule has 0 radical (unpaired) electrons. The van der Waals surface area contributed by atoms with Gasteiger partial charge in [-0.2, -0.15) is 0 Å². The number of guanidine groups is 1. The lowest BCUT2D eigenvalue weighted by atomic mass is 10.2. The summed E-state index contributed by atoms with van der Waals surface area (Å²) in [5, 5.41) is 6.91. The lowest BCUT2D eigenvalue weighted by Gasteiger charge is -2.21. The number of rotatable bonds is 13. The van der Waals surface area contributed by atoms with Crippen LogP contribution >= 0.6 is 24.0 Å². The number of nitrogens with zero attached hydrogens (tertiary/aromatic N) is 4. The predicted molar refractivity (Wildman–Crippen MR) is 127 cm³/mol. The molecule has 0 fully saturated rings. The van der Waals surface area contributed by atoms with Gasteiger partial charge in [0.1, 0.15) is 5.82 Å². The van der Waals surface area contributed by atoms with Crippen LogP contribution in [0.4, 0.5) is 0 Å². The lowest BCUT2D eigenvalue weighted by Crippen LogP contribution is -2.42. The van der Waals surface area contributed by atoms with Crippen LogP contribution < -0.4 is 10.6 Å². The van der Waals surface area contributed by atoms with Crippen LogP contribution in [0.1, 0.15) is 59.2 Å². The fourth-order valence-corrected chi connectivity index (χ4v) is 3.01. The van der Waals surface area contributed by atoms with E-state index in [4.69, 9.17) is 4.99 Å². The highest BCUT2D eigenvalue weighted by Gasteiger charge is 2.06. The molecule has 0 aliphatic heterocycles. The highest BCUT2D eigenvalue weighted by Crippen LogP contribution is 2.01. The first kappa shape index (κ1) is 26.2. The van der Waals surface area contributed by atoms with E-state index in [0.29, 0.717) is 6.04 Å². The summed E-state index contributed by atoms with van der Waals surface area (Å²) in [6.07, 6.45) is 8.51. The Hall–Kier alpha value is -0.830. The summed E-state index contributed by atoms with van der Waals surface area (Å²) in [6.45, 7) is 17.1. The Kier molecular flexibility index (Phi) is 15.7. The van der Waals surface area contributed by atoms with Crippen molar-refractivity contribution in [1.29, 1.82) is 0 Å². The van der Waals surface area contributed by atoms with Gasteiger partial charge in [0.25, 0.3) is 0 Å². The number of hydrogen-bond donors (Lipinski definition) is 2. The molecule has 2 N–H and O–H groups in total. The second kappa shape index (κ2) is 16.2. The summed E-state index contributed by atoms with van der Waals surface area (Å²) in [4.78, 5) is 11.5. The highest BCUT2D eigenvalue weighted by atomic mass is 127. The van der Waals surface area contributed by atoms with Crippen LogP contribution in [-0.4, -0.2) is 59.2 Å². The summed E-state index contributed by atoms with van der Waals surface area (Å²) in [6, 6.07) is 0.442. The van der Waals surface area contributed by atoms with Crippen LogP contribution in [0.2, 0.25) is 0 Å². The molecule has 1 rings (SSSR count). The zero-order chi connectivity index (χ0) is 19.2. The van der Waals surface area contributed by atoms with Gasteiger partial charge in [-0.1, -0.05) is 13.8 Å². The SMILES string of the molecule is CCNC(=NCCCCn1ccnc1C)NC(C)CCCN(CC)CC.I. The fourth-order valence-electron chi connectivity index (χ4n) is 3.01. The van der Waals surface area contributed by atoms with Crippen molar-refractivity contribution in [3.63, 3.8) is 0 Å². The van der Waals surface area contributed by atoms with Gasteiger partial charge in [0, 0.05) is 38.1 Å². The molecule has 0 saturated carbocycles. The first-order valence-electron chi connectivity index (χ1n) is 10.4. The van der Waals surface area contributed by atoms with Crippen molar-refractivity contribution < 1.29 is 0 Å². The van der Waals surface area contributed by atoms with Crippen LogP contribution in [0, 0.1) is 6.92 Å². The molecule has 0 bridgehead atoms. The van der Waals surface area contributed by atoms with E-state index in [0.717, 1.165) is 57.3 Å². The van der Waals surface area contributed by atoms with Gasteiger partial charge in [-0.25, -0.2) is 4.98 Å². The van der Waals surface area contributed by atoms with Crippen molar-refractivity contribution >= 4 is 29.9 Å². The van der Waals surface area contributed by atoms with Crippen LogP contribution in [0.25, 0.3) is 0 Å². The normalized spacial score (nSPS) is 12.7. The molecule has 0 amide bonds. The van der Waals surface area contributed by atoms with Crippen molar-refractivity contribution in [3.05, 3.63) is 18.2 Å². The summed E-state index contributed by atoms with van der Waals surface area (Å²) in [7, 11) is 0. The Morgan fingerprint density at radius 1 is 1.22 bits per heavy atom. The molecular formula is C20H41IN6. The molecule has 7 heteroatoms. The monoisotopic (exact) mass is 492 g/mol. The minimum atomic E-state index is 0. The number of hydrogen-bond acceptors (Lipinski definition) is 3. The smallest absolute Gasteiger partial charge is 0.191 e. The van der Waals surface area contributed by atoms with Crippen molar-refractivity contribution in [2.75, 3.05) is 32.7 Å². The third kappa shape index (κ3) is 11.6. The average molecular weight is 492 g/mol. The quantitative estimate of drug-likeness (QED) is 0.191. The van der Waals surface area contributed by atoms with Gasteiger partial charge in [-0.05, 0) is 66.1 Å². The minimum absolute atomic E-state index is 0. The predicted octanol–water partition coefficient (Wildman–Crippen LogP) is 3.66. The number of aryl methyl sites for hydroxylation is 2. The van der Waals surface area contributed by atoms with Gasteiger partial charge >= 0.3 is 0 Å². The number of unbranched alkanes of at least 4 members (excludes halogenated alkanes) is 1. The maximum absolute atomic E-state index is 4.73. The van der Waals surface area contributed by atoms with Crippen LogP contribution in [0.15, 0.2) is 17.4 Å². The van der Waals surface area contributed by atoms with Gasteiger partial charge in [0.2, 0.25) is 0 Å². The van der Waals surface area contributed by atoms with Gasteiger partial charge in [0.15, 0.2) is 5.96 Å². The molecule has 1 aromatic rings. The van der Waals surface area contributed by atoms with Crippen molar-refractivity contribution in [2.24, 2.45) is 4.99 Å². The van der Waals surface area contributed by atoms with E-state index in [1.807, 2.05) is 19.3 Å². The molecule has 0 aliphatic carbocycles. The van der Waals surface area contributed by atoms with Crippen LogP contribution in [0.3, 0.4) is 0 Å². The molecule has 158 valence electrons. The third-order valence-corrected chi connectivity index (χ3v) is 4.73. The average Bonchev–Trinajstić information content (AvgIpc) is 3.03. The van der Waals surface area contributed by atoms with Gasteiger partial charge in [0.05, 0.1) is 0 Å². The largest absolute Gasteiger partial charge is 0.357 e. The number of aromatic nitrogens is 2. The highest BCUT2D eigenvalue weighted by molar-refractivity contribution is 14.0. The molecule has 1 atom stereocenters. The fraction of sp³-hybridized carbons (Fsp3) is 0.800. The molecule has 0 spiro atoms. The van der Waals surface area contributed by atoms with E-state index in [9.17, 15) is 0 Å². The maximum Gasteiger partial charge on any atom is 0.191 e. The summed E-state index contributed by atoms with van der Waals surface area (Å²) in [5.41, 5.74) is 0. The van der Waals surface area contributed by atoms with Crippen LogP contribution in [0.5, 0.6) is 0 Å². The van der Waals surface area contributed by atoms with E-state index in [2.05, 4.69) is 52.8 Å². The Bertz CT molecular complexity index is 498.